The second-order valence-electron chi connectivity index (χ2n) is 8.59. The molecule has 0 spiro atoms. The second kappa shape index (κ2) is 14.8. The van der Waals surface area contributed by atoms with Gasteiger partial charge < -0.3 is 29.0 Å². The Morgan fingerprint density at radius 2 is 1.89 bits per heavy atom. The Kier molecular flexibility index (Phi) is 11.5. The number of anilines is 1. The van der Waals surface area contributed by atoms with Crippen LogP contribution in [0, 0.1) is 0 Å². The number of hydrogen-bond acceptors (Lipinski definition) is 11. The number of aromatic nitrogens is 4. The Morgan fingerprint density at radius 1 is 1.13 bits per heavy atom. The number of hydrogen-bond donors (Lipinski definition) is 2. The van der Waals surface area contributed by atoms with Crippen LogP contribution in [0.5, 0.6) is 11.6 Å². The van der Waals surface area contributed by atoms with E-state index < -0.39 is 14.6 Å². The van der Waals surface area contributed by atoms with Crippen LogP contribution in [0.1, 0.15) is 53.7 Å². The number of nitrogens with one attached hydrogen (secondary N) is 1. The standard InChI is InChI=1S/C25H37N6O6P/c1-6-11-20(31-16-27-21-22(31)28-25(26)29-23(21)33-7-2)34-14-15-35-38(37-19-12-9-8-10-13-19)30-18(5)24(32)36-17(3)4/h8-10,12-13,16-18,20,30H,6-7,11,14-15H2,1-5H3,(H2,26,28,29)/t18?,20-,38?/m1/s1. The van der Waals surface area contributed by atoms with Crippen molar-refractivity contribution in [3.63, 3.8) is 0 Å². The van der Waals surface area contributed by atoms with Crippen LogP contribution in [0.4, 0.5) is 5.95 Å². The molecule has 3 aromatic rings. The molecule has 0 amide bonds. The maximum Gasteiger partial charge on any atom is 0.323 e. The molecule has 3 N–H and O–H groups in total. The molecule has 1 aromatic carbocycles. The van der Waals surface area contributed by atoms with E-state index in [0.29, 0.717) is 35.8 Å². The predicted octanol–water partition coefficient (Wildman–Crippen LogP) is 4.37. The monoisotopic (exact) mass is 548 g/mol. The van der Waals surface area contributed by atoms with Crippen molar-refractivity contribution < 1.29 is 28.1 Å². The molecule has 0 saturated carbocycles. The third kappa shape index (κ3) is 8.49. The van der Waals surface area contributed by atoms with Crippen LogP contribution < -0.4 is 20.1 Å². The van der Waals surface area contributed by atoms with E-state index in [1.807, 2.05) is 41.8 Å². The fourth-order valence-electron chi connectivity index (χ4n) is 3.42. The molecule has 2 heterocycles. The second-order valence-corrected chi connectivity index (χ2v) is 9.80. The van der Waals surface area contributed by atoms with Crippen molar-refractivity contribution in [1.29, 1.82) is 0 Å². The Bertz CT molecular complexity index is 1150. The number of nitrogens with two attached hydrogens (primary N) is 1. The number of benzene rings is 1. The third-order valence-electron chi connectivity index (χ3n) is 5.07. The highest BCUT2D eigenvalue weighted by Crippen LogP contribution is 2.36. The minimum atomic E-state index is -1.66. The first-order valence-corrected chi connectivity index (χ1v) is 13.9. The molecule has 208 valence electrons. The van der Waals surface area contributed by atoms with Crippen LogP contribution in [-0.4, -0.2) is 57.5 Å². The van der Waals surface area contributed by atoms with Gasteiger partial charge in [0.2, 0.25) is 11.8 Å². The lowest BCUT2D eigenvalue weighted by atomic mass is 10.3. The van der Waals surface area contributed by atoms with Crippen molar-refractivity contribution in [1.82, 2.24) is 24.6 Å². The minimum absolute atomic E-state index is 0.0983. The fourth-order valence-corrected chi connectivity index (χ4v) is 4.58. The van der Waals surface area contributed by atoms with E-state index in [1.54, 1.807) is 27.1 Å². The molecule has 12 nitrogen and oxygen atoms in total. The van der Waals surface area contributed by atoms with E-state index in [0.717, 1.165) is 6.42 Å². The number of imidazole rings is 1. The van der Waals surface area contributed by atoms with Gasteiger partial charge in [0.15, 0.2) is 11.2 Å². The fraction of sp³-hybridized carbons (Fsp3) is 0.520. The zero-order valence-electron chi connectivity index (χ0n) is 22.5. The van der Waals surface area contributed by atoms with Gasteiger partial charge >= 0.3 is 14.5 Å². The molecule has 3 atom stereocenters. The average molecular weight is 549 g/mol. The third-order valence-corrected chi connectivity index (χ3v) is 6.46. The first-order chi connectivity index (χ1) is 18.3. The molecule has 0 aliphatic rings. The van der Waals surface area contributed by atoms with Gasteiger partial charge in [-0.1, -0.05) is 31.5 Å². The number of carbonyl (C=O) groups excluding carboxylic acids is 1. The van der Waals surface area contributed by atoms with Gasteiger partial charge in [-0.3, -0.25) is 9.36 Å². The van der Waals surface area contributed by atoms with Crippen molar-refractivity contribution in [2.24, 2.45) is 0 Å². The zero-order valence-corrected chi connectivity index (χ0v) is 23.4. The molecule has 13 heteroatoms. The SMILES string of the molecule is CCC[C@@H](OCCOP(NC(C)C(=O)OC(C)C)Oc1ccccc1)n1cnc2c(OCC)nc(N)nc21. The van der Waals surface area contributed by atoms with Gasteiger partial charge in [0.25, 0.3) is 0 Å². The highest BCUT2D eigenvalue weighted by atomic mass is 31.2. The van der Waals surface area contributed by atoms with Crippen molar-refractivity contribution in [2.75, 3.05) is 25.6 Å². The largest absolute Gasteiger partial charge is 0.476 e. The molecule has 2 aromatic heterocycles. The Labute approximate surface area is 224 Å². The number of fused-ring (bicyclic) bond motifs is 1. The summed E-state index contributed by atoms with van der Waals surface area (Å²) in [6.07, 6.45) is 2.65. The topological polar surface area (TPSA) is 145 Å². The van der Waals surface area contributed by atoms with Gasteiger partial charge in [-0.05, 0) is 46.2 Å². The molecule has 0 bridgehead atoms. The molecule has 0 saturated heterocycles. The summed E-state index contributed by atoms with van der Waals surface area (Å²) in [4.78, 5) is 25.2. The van der Waals surface area contributed by atoms with Gasteiger partial charge in [0.1, 0.15) is 18.0 Å². The number of carbonyl (C=O) groups is 1. The van der Waals surface area contributed by atoms with Crippen molar-refractivity contribution in [3.8, 4) is 11.6 Å². The van der Waals surface area contributed by atoms with Gasteiger partial charge in [-0.25, -0.2) is 10.1 Å². The number of nitrogens with zero attached hydrogens (tertiary/aromatic N) is 4. The van der Waals surface area contributed by atoms with Crippen LogP contribution in [-0.2, 0) is 18.8 Å². The first-order valence-electron chi connectivity index (χ1n) is 12.7. The Balaban J connectivity index is 1.66. The quantitative estimate of drug-likeness (QED) is 0.149. The molecule has 38 heavy (non-hydrogen) atoms. The maximum absolute atomic E-state index is 12.3. The summed E-state index contributed by atoms with van der Waals surface area (Å²) < 4.78 is 30.8. The van der Waals surface area contributed by atoms with E-state index in [-0.39, 0.29) is 37.5 Å². The highest BCUT2D eigenvalue weighted by molar-refractivity contribution is 7.45. The molecule has 0 aliphatic heterocycles. The van der Waals surface area contributed by atoms with E-state index >= 15 is 0 Å². The van der Waals surface area contributed by atoms with Gasteiger partial charge in [-0.2, -0.15) is 9.97 Å². The van der Waals surface area contributed by atoms with Crippen molar-refractivity contribution in [3.05, 3.63) is 36.7 Å². The number of rotatable bonds is 16. The minimum Gasteiger partial charge on any atom is -0.476 e. The van der Waals surface area contributed by atoms with Crippen LogP contribution in [0.2, 0.25) is 0 Å². The summed E-state index contributed by atoms with van der Waals surface area (Å²) in [5.74, 6) is 0.674. The number of para-hydroxylation sites is 1. The van der Waals surface area contributed by atoms with E-state index in [1.165, 1.54) is 0 Å². The van der Waals surface area contributed by atoms with E-state index in [4.69, 9.17) is 29.0 Å². The number of nitrogen functional groups attached to an aromatic ring is 1. The molecule has 2 unspecified atom stereocenters. The molecule has 0 radical (unpaired) electrons. The van der Waals surface area contributed by atoms with Gasteiger partial charge in [-0.15, -0.1) is 0 Å². The van der Waals surface area contributed by atoms with Crippen LogP contribution in [0.15, 0.2) is 36.7 Å². The normalized spacial score (nSPS) is 13.8. The lowest BCUT2D eigenvalue weighted by Crippen LogP contribution is -2.35. The lowest BCUT2D eigenvalue weighted by Gasteiger charge is -2.23. The molecule has 0 aliphatic carbocycles. The maximum atomic E-state index is 12.3. The summed E-state index contributed by atoms with van der Waals surface area (Å²) in [7, 11) is -1.66. The smallest absolute Gasteiger partial charge is 0.323 e. The molecular formula is C25H37N6O6P. The summed E-state index contributed by atoms with van der Waals surface area (Å²) in [5.41, 5.74) is 6.96. The lowest BCUT2D eigenvalue weighted by molar-refractivity contribution is -0.149. The number of esters is 1. The van der Waals surface area contributed by atoms with E-state index in [9.17, 15) is 4.79 Å². The van der Waals surface area contributed by atoms with Crippen LogP contribution in [0.3, 0.4) is 0 Å². The average Bonchev–Trinajstić information content (AvgIpc) is 3.30. The van der Waals surface area contributed by atoms with Crippen molar-refractivity contribution in [2.45, 2.75) is 65.8 Å². The van der Waals surface area contributed by atoms with Crippen molar-refractivity contribution >= 4 is 31.6 Å². The predicted molar refractivity (Wildman–Crippen MR) is 145 cm³/mol. The summed E-state index contributed by atoms with van der Waals surface area (Å²) >= 11 is 0. The molecular weight excluding hydrogens is 511 g/mol. The van der Waals surface area contributed by atoms with Crippen LogP contribution >= 0.6 is 8.53 Å². The molecule has 3 rings (SSSR count). The Hall–Kier alpha value is -3.05. The summed E-state index contributed by atoms with van der Waals surface area (Å²) in [5, 5.41) is 3.09. The summed E-state index contributed by atoms with van der Waals surface area (Å²) in [6.45, 7) is 10.1. The summed E-state index contributed by atoms with van der Waals surface area (Å²) in [6, 6.07) is 8.63. The van der Waals surface area contributed by atoms with Crippen LogP contribution in [0.25, 0.3) is 11.2 Å². The number of ether oxygens (including phenoxy) is 3. The zero-order chi connectivity index (χ0) is 27.5. The van der Waals surface area contributed by atoms with E-state index in [2.05, 4.69) is 27.0 Å². The molecule has 0 fully saturated rings. The first kappa shape index (κ1) is 29.5. The highest BCUT2D eigenvalue weighted by Gasteiger charge is 2.24. The van der Waals surface area contributed by atoms with Gasteiger partial charge in [0.05, 0.1) is 32.3 Å². The Morgan fingerprint density at radius 3 is 2.58 bits per heavy atom. The van der Waals surface area contributed by atoms with Gasteiger partial charge in [0, 0.05) is 0 Å².